The molecule has 0 spiro atoms. The zero-order chi connectivity index (χ0) is 13.9. The van der Waals surface area contributed by atoms with Gasteiger partial charge in [-0.1, -0.05) is 47.1 Å². The normalized spacial score (nSPS) is 10.4. The van der Waals surface area contributed by atoms with Crippen LogP contribution in [0.15, 0.2) is 53.1 Å². The molecular formula is C16H12N2O2. The summed E-state index contributed by atoms with van der Waals surface area (Å²) in [5, 5.41) is 3.97. The topological polar surface area (TPSA) is 56.0 Å². The summed E-state index contributed by atoms with van der Waals surface area (Å²) in [6.45, 7) is 2.03. The molecule has 4 nitrogen and oxygen atoms in total. The Balaban J connectivity index is 1.92. The van der Waals surface area contributed by atoms with Gasteiger partial charge in [0.2, 0.25) is 5.82 Å². The number of carbonyl (C=O) groups excluding carboxylic acids is 1. The zero-order valence-electron chi connectivity index (χ0n) is 10.9. The number of hydrogen-bond acceptors (Lipinski definition) is 4. The van der Waals surface area contributed by atoms with Gasteiger partial charge in [0, 0.05) is 16.7 Å². The molecule has 4 heteroatoms. The summed E-state index contributed by atoms with van der Waals surface area (Å²) in [6, 6.07) is 14.9. The SMILES string of the molecule is Cc1ccc(-c2nc(-c3ccc(C=O)cc3)no2)cc1. The third kappa shape index (κ3) is 2.36. The van der Waals surface area contributed by atoms with Crippen molar-refractivity contribution >= 4 is 6.29 Å². The van der Waals surface area contributed by atoms with E-state index in [1.165, 1.54) is 5.56 Å². The molecule has 0 aliphatic rings. The van der Waals surface area contributed by atoms with Crippen molar-refractivity contribution in [2.75, 3.05) is 0 Å². The molecular weight excluding hydrogens is 252 g/mol. The molecule has 0 unspecified atom stereocenters. The molecule has 20 heavy (non-hydrogen) atoms. The van der Waals surface area contributed by atoms with Crippen LogP contribution in [-0.4, -0.2) is 16.4 Å². The Kier molecular flexibility index (Phi) is 3.13. The molecule has 0 radical (unpaired) electrons. The van der Waals surface area contributed by atoms with Gasteiger partial charge in [0.15, 0.2) is 0 Å². The fourth-order valence-electron chi connectivity index (χ4n) is 1.86. The van der Waals surface area contributed by atoms with Crippen molar-refractivity contribution in [3.8, 4) is 22.8 Å². The Hall–Kier alpha value is -2.75. The largest absolute Gasteiger partial charge is 0.334 e. The molecule has 0 atom stereocenters. The number of rotatable bonds is 3. The van der Waals surface area contributed by atoms with E-state index in [1.54, 1.807) is 24.3 Å². The lowest BCUT2D eigenvalue weighted by atomic mass is 10.1. The lowest BCUT2D eigenvalue weighted by molar-refractivity contribution is 0.112. The van der Waals surface area contributed by atoms with Gasteiger partial charge in [-0.3, -0.25) is 4.79 Å². The monoisotopic (exact) mass is 264 g/mol. The van der Waals surface area contributed by atoms with Crippen LogP contribution < -0.4 is 0 Å². The summed E-state index contributed by atoms with van der Waals surface area (Å²) in [5.41, 5.74) is 3.51. The molecule has 98 valence electrons. The quantitative estimate of drug-likeness (QED) is 0.679. The van der Waals surface area contributed by atoms with Crippen LogP contribution in [0.3, 0.4) is 0 Å². The van der Waals surface area contributed by atoms with E-state index in [0.29, 0.717) is 17.3 Å². The number of aryl methyl sites for hydroxylation is 1. The number of aromatic nitrogens is 2. The first-order valence-electron chi connectivity index (χ1n) is 6.22. The Morgan fingerprint density at radius 3 is 2.25 bits per heavy atom. The van der Waals surface area contributed by atoms with Gasteiger partial charge in [0.25, 0.3) is 5.89 Å². The van der Waals surface area contributed by atoms with E-state index in [0.717, 1.165) is 17.4 Å². The average molecular weight is 264 g/mol. The number of benzene rings is 2. The van der Waals surface area contributed by atoms with Crippen LogP contribution in [0, 0.1) is 6.92 Å². The maximum absolute atomic E-state index is 10.6. The van der Waals surface area contributed by atoms with Gasteiger partial charge in [0.1, 0.15) is 6.29 Å². The third-order valence-electron chi connectivity index (χ3n) is 3.03. The second kappa shape index (κ2) is 5.09. The van der Waals surface area contributed by atoms with Crippen molar-refractivity contribution in [1.82, 2.24) is 10.1 Å². The average Bonchev–Trinajstić information content (AvgIpc) is 2.98. The minimum atomic E-state index is 0.486. The molecule has 2 aromatic carbocycles. The first-order valence-corrected chi connectivity index (χ1v) is 6.22. The maximum Gasteiger partial charge on any atom is 0.258 e. The van der Waals surface area contributed by atoms with E-state index < -0.39 is 0 Å². The minimum absolute atomic E-state index is 0.486. The van der Waals surface area contributed by atoms with Crippen LogP contribution in [-0.2, 0) is 0 Å². The van der Waals surface area contributed by atoms with Crippen molar-refractivity contribution < 1.29 is 9.32 Å². The highest BCUT2D eigenvalue weighted by atomic mass is 16.5. The van der Waals surface area contributed by atoms with E-state index in [4.69, 9.17) is 4.52 Å². The van der Waals surface area contributed by atoms with Gasteiger partial charge in [-0.25, -0.2) is 0 Å². The summed E-state index contributed by atoms with van der Waals surface area (Å²) in [7, 11) is 0. The molecule has 0 saturated heterocycles. The predicted octanol–water partition coefficient (Wildman–Crippen LogP) is 3.52. The van der Waals surface area contributed by atoms with Crippen molar-refractivity contribution in [3.05, 3.63) is 59.7 Å². The predicted molar refractivity (Wildman–Crippen MR) is 75.3 cm³/mol. The van der Waals surface area contributed by atoms with Crippen LogP contribution in [0.2, 0.25) is 0 Å². The van der Waals surface area contributed by atoms with Crippen molar-refractivity contribution in [2.24, 2.45) is 0 Å². The van der Waals surface area contributed by atoms with Crippen molar-refractivity contribution in [3.63, 3.8) is 0 Å². The molecule has 3 rings (SSSR count). The number of hydrogen-bond donors (Lipinski definition) is 0. The number of aldehydes is 1. The van der Waals surface area contributed by atoms with E-state index in [2.05, 4.69) is 10.1 Å². The standard InChI is InChI=1S/C16H12N2O2/c1-11-2-6-14(7-3-11)16-17-15(18-20-16)13-8-4-12(10-19)5-9-13/h2-10H,1H3. The van der Waals surface area contributed by atoms with Crippen LogP contribution in [0.5, 0.6) is 0 Å². The van der Waals surface area contributed by atoms with Crippen LogP contribution in [0.1, 0.15) is 15.9 Å². The highest BCUT2D eigenvalue weighted by Gasteiger charge is 2.10. The second-order valence-electron chi connectivity index (χ2n) is 4.53. The Labute approximate surface area is 116 Å². The highest BCUT2D eigenvalue weighted by Crippen LogP contribution is 2.22. The molecule has 0 aliphatic carbocycles. The van der Waals surface area contributed by atoms with Crippen LogP contribution in [0.25, 0.3) is 22.8 Å². The zero-order valence-corrected chi connectivity index (χ0v) is 10.9. The third-order valence-corrected chi connectivity index (χ3v) is 3.03. The van der Waals surface area contributed by atoms with Crippen LogP contribution in [0.4, 0.5) is 0 Å². The summed E-state index contributed by atoms with van der Waals surface area (Å²) < 4.78 is 5.27. The van der Waals surface area contributed by atoms with Crippen molar-refractivity contribution in [1.29, 1.82) is 0 Å². The molecule has 0 N–H and O–H groups in total. The van der Waals surface area contributed by atoms with Gasteiger partial charge in [-0.15, -0.1) is 0 Å². The number of nitrogens with zero attached hydrogens (tertiary/aromatic N) is 2. The van der Waals surface area contributed by atoms with E-state index >= 15 is 0 Å². The molecule has 0 bridgehead atoms. The maximum atomic E-state index is 10.6. The Morgan fingerprint density at radius 1 is 0.950 bits per heavy atom. The van der Waals surface area contributed by atoms with Crippen molar-refractivity contribution in [2.45, 2.75) is 6.92 Å². The summed E-state index contributed by atoms with van der Waals surface area (Å²) in [5.74, 6) is 0.998. The van der Waals surface area contributed by atoms with Gasteiger partial charge >= 0.3 is 0 Å². The lowest BCUT2D eigenvalue weighted by Gasteiger charge is -1.95. The molecule has 1 heterocycles. The summed E-state index contributed by atoms with van der Waals surface area (Å²) >= 11 is 0. The van der Waals surface area contributed by atoms with Crippen LogP contribution >= 0.6 is 0 Å². The molecule has 0 aliphatic heterocycles. The fourth-order valence-corrected chi connectivity index (χ4v) is 1.86. The Morgan fingerprint density at radius 2 is 1.60 bits per heavy atom. The van der Waals surface area contributed by atoms with E-state index in [9.17, 15) is 4.79 Å². The highest BCUT2D eigenvalue weighted by molar-refractivity contribution is 5.76. The van der Waals surface area contributed by atoms with Gasteiger partial charge in [-0.05, 0) is 19.1 Å². The first kappa shape index (κ1) is 12.3. The molecule has 1 aromatic heterocycles. The minimum Gasteiger partial charge on any atom is -0.334 e. The number of carbonyl (C=O) groups is 1. The smallest absolute Gasteiger partial charge is 0.258 e. The first-order chi connectivity index (χ1) is 9.76. The second-order valence-corrected chi connectivity index (χ2v) is 4.53. The van der Waals surface area contributed by atoms with E-state index in [-0.39, 0.29) is 0 Å². The lowest BCUT2D eigenvalue weighted by Crippen LogP contribution is -1.83. The van der Waals surface area contributed by atoms with Gasteiger partial charge in [-0.2, -0.15) is 4.98 Å². The summed E-state index contributed by atoms with van der Waals surface area (Å²) in [6.07, 6.45) is 0.803. The fraction of sp³-hybridized carbons (Fsp3) is 0.0625. The molecule has 0 fully saturated rings. The van der Waals surface area contributed by atoms with Gasteiger partial charge < -0.3 is 4.52 Å². The Bertz CT molecular complexity index is 728. The summed E-state index contributed by atoms with van der Waals surface area (Å²) in [4.78, 5) is 15.0. The van der Waals surface area contributed by atoms with E-state index in [1.807, 2.05) is 31.2 Å². The van der Waals surface area contributed by atoms with Gasteiger partial charge in [0.05, 0.1) is 0 Å². The molecule has 0 saturated carbocycles. The molecule has 0 amide bonds. The molecule has 3 aromatic rings.